The maximum Gasteiger partial charge on any atom is 0.223 e. The van der Waals surface area contributed by atoms with Crippen molar-refractivity contribution in [3.63, 3.8) is 0 Å². The van der Waals surface area contributed by atoms with Gasteiger partial charge in [0.2, 0.25) is 15.9 Å². The number of carbonyl (C=O) groups excluding carboxylic acids is 1. The Balaban J connectivity index is 1.59. The fourth-order valence-electron chi connectivity index (χ4n) is 4.09. The maximum absolute atomic E-state index is 12.9. The molecule has 0 aliphatic carbocycles. The lowest BCUT2D eigenvalue weighted by atomic mass is 9.96. The number of nitrogens with one attached hydrogen (secondary N) is 1. The highest BCUT2D eigenvalue weighted by atomic mass is 35.5. The summed E-state index contributed by atoms with van der Waals surface area (Å²) in [5.74, 6) is 0.699. The molecule has 0 aromatic heterocycles. The Morgan fingerprint density at radius 2 is 1.66 bits per heavy atom. The van der Waals surface area contributed by atoms with Crippen LogP contribution in [-0.4, -0.2) is 44.9 Å². The first kappa shape index (κ1) is 27.6. The third kappa shape index (κ3) is 7.03. The SMILES string of the molecule is CCOc1ccc([C@@H](C)NC(=O)C2CCN(S(=O)(=O)Cc3c(Cl)cccc3Cl)CC2)cc1OCC. The fraction of sp³-hybridized carbons (Fsp3) is 0.480. The highest BCUT2D eigenvalue weighted by Gasteiger charge is 2.32. The van der Waals surface area contributed by atoms with E-state index >= 15 is 0 Å². The summed E-state index contributed by atoms with van der Waals surface area (Å²) in [6, 6.07) is 10.3. The zero-order valence-corrected chi connectivity index (χ0v) is 22.5. The monoisotopic (exact) mass is 542 g/mol. The first-order chi connectivity index (χ1) is 16.7. The Kier molecular flexibility index (Phi) is 9.69. The number of piperidine rings is 1. The summed E-state index contributed by atoms with van der Waals surface area (Å²) in [5, 5.41) is 3.71. The molecule has 7 nitrogen and oxygen atoms in total. The molecular formula is C25H32Cl2N2O5S. The molecule has 192 valence electrons. The normalized spacial score (nSPS) is 16.0. The second kappa shape index (κ2) is 12.3. The van der Waals surface area contributed by atoms with Crippen LogP contribution >= 0.6 is 23.2 Å². The van der Waals surface area contributed by atoms with Gasteiger partial charge in [-0.1, -0.05) is 35.3 Å². The van der Waals surface area contributed by atoms with Crippen LogP contribution in [0.1, 0.15) is 50.8 Å². The molecule has 1 fully saturated rings. The molecular weight excluding hydrogens is 511 g/mol. The van der Waals surface area contributed by atoms with Gasteiger partial charge in [0.05, 0.1) is 25.0 Å². The van der Waals surface area contributed by atoms with Crippen molar-refractivity contribution in [2.45, 2.75) is 45.4 Å². The Bertz CT molecular complexity index is 1110. The molecule has 0 radical (unpaired) electrons. The number of sulfonamides is 1. The molecule has 0 bridgehead atoms. The summed E-state index contributed by atoms with van der Waals surface area (Å²) in [4.78, 5) is 12.9. The van der Waals surface area contributed by atoms with E-state index in [9.17, 15) is 13.2 Å². The topological polar surface area (TPSA) is 84.9 Å². The molecule has 1 amide bonds. The molecule has 2 aromatic carbocycles. The first-order valence-corrected chi connectivity index (χ1v) is 14.1. The highest BCUT2D eigenvalue weighted by Crippen LogP contribution is 2.32. The van der Waals surface area contributed by atoms with Gasteiger partial charge in [0.1, 0.15) is 0 Å². The zero-order valence-electron chi connectivity index (χ0n) is 20.2. The molecule has 0 unspecified atom stereocenters. The van der Waals surface area contributed by atoms with E-state index in [1.165, 1.54) is 4.31 Å². The van der Waals surface area contributed by atoms with Gasteiger partial charge >= 0.3 is 0 Å². The predicted octanol–water partition coefficient (Wildman–Crippen LogP) is 5.21. The van der Waals surface area contributed by atoms with Crippen LogP contribution in [0.5, 0.6) is 11.5 Å². The third-order valence-corrected chi connectivity index (χ3v) is 8.55. The van der Waals surface area contributed by atoms with Gasteiger partial charge in [0.15, 0.2) is 11.5 Å². The van der Waals surface area contributed by atoms with Crippen LogP contribution in [0.4, 0.5) is 0 Å². The van der Waals surface area contributed by atoms with Crippen molar-refractivity contribution in [2.24, 2.45) is 5.92 Å². The van der Waals surface area contributed by atoms with Gasteiger partial charge in [-0.2, -0.15) is 0 Å². The van der Waals surface area contributed by atoms with E-state index in [1.54, 1.807) is 18.2 Å². The molecule has 1 atom stereocenters. The molecule has 10 heteroatoms. The van der Waals surface area contributed by atoms with Crippen molar-refractivity contribution in [1.29, 1.82) is 0 Å². The largest absolute Gasteiger partial charge is 0.490 e. The number of hydrogen-bond donors (Lipinski definition) is 1. The lowest BCUT2D eigenvalue weighted by Crippen LogP contribution is -2.43. The Morgan fingerprint density at radius 3 is 2.26 bits per heavy atom. The average Bonchev–Trinajstić information content (AvgIpc) is 2.83. The molecule has 1 aliphatic rings. The van der Waals surface area contributed by atoms with E-state index in [-0.39, 0.29) is 36.7 Å². The Morgan fingerprint density at radius 1 is 1.06 bits per heavy atom. The molecule has 0 spiro atoms. The van der Waals surface area contributed by atoms with Crippen molar-refractivity contribution in [1.82, 2.24) is 9.62 Å². The summed E-state index contributed by atoms with van der Waals surface area (Å²) < 4.78 is 38.6. The number of nitrogens with zero attached hydrogens (tertiary/aromatic N) is 1. The lowest BCUT2D eigenvalue weighted by Gasteiger charge is -2.31. The number of amides is 1. The van der Waals surface area contributed by atoms with E-state index < -0.39 is 10.0 Å². The molecule has 1 saturated heterocycles. The predicted molar refractivity (Wildman–Crippen MR) is 139 cm³/mol. The van der Waals surface area contributed by atoms with Crippen LogP contribution in [0.2, 0.25) is 10.0 Å². The van der Waals surface area contributed by atoms with Gasteiger partial charge in [-0.05, 0) is 63.4 Å². The minimum atomic E-state index is -3.61. The minimum Gasteiger partial charge on any atom is -0.490 e. The van der Waals surface area contributed by atoms with Crippen LogP contribution in [0.25, 0.3) is 0 Å². The number of halogens is 2. The van der Waals surface area contributed by atoms with E-state index in [2.05, 4.69) is 5.32 Å². The van der Waals surface area contributed by atoms with Crippen molar-refractivity contribution in [3.8, 4) is 11.5 Å². The highest BCUT2D eigenvalue weighted by molar-refractivity contribution is 7.88. The molecule has 1 N–H and O–H groups in total. The second-order valence-corrected chi connectivity index (χ2v) is 11.2. The van der Waals surface area contributed by atoms with Gasteiger partial charge in [-0.15, -0.1) is 0 Å². The Hall–Kier alpha value is -2.00. The van der Waals surface area contributed by atoms with Crippen LogP contribution in [0, 0.1) is 5.92 Å². The molecule has 0 saturated carbocycles. The summed E-state index contributed by atoms with van der Waals surface area (Å²) in [6.45, 7) is 7.32. The van der Waals surface area contributed by atoms with Gasteiger partial charge in [0, 0.05) is 34.6 Å². The lowest BCUT2D eigenvalue weighted by molar-refractivity contribution is -0.126. The van der Waals surface area contributed by atoms with Gasteiger partial charge in [-0.3, -0.25) is 4.79 Å². The number of benzene rings is 2. The van der Waals surface area contributed by atoms with Crippen molar-refractivity contribution in [2.75, 3.05) is 26.3 Å². The van der Waals surface area contributed by atoms with E-state index in [1.807, 2.05) is 39.0 Å². The third-order valence-electron chi connectivity index (χ3n) is 6.03. The van der Waals surface area contributed by atoms with E-state index in [0.717, 1.165) is 5.56 Å². The molecule has 2 aromatic rings. The van der Waals surface area contributed by atoms with Crippen LogP contribution in [0.15, 0.2) is 36.4 Å². The van der Waals surface area contributed by atoms with Crippen molar-refractivity contribution >= 4 is 39.1 Å². The smallest absolute Gasteiger partial charge is 0.223 e. The summed E-state index contributed by atoms with van der Waals surface area (Å²) in [5.41, 5.74) is 1.30. The van der Waals surface area contributed by atoms with Crippen LogP contribution < -0.4 is 14.8 Å². The van der Waals surface area contributed by atoms with Gasteiger partial charge in [-0.25, -0.2) is 12.7 Å². The van der Waals surface area contributed by atoms with Crippen molar-refractivity contribution < 1.29 is 22.7 Å². The number of hydrogen-bond acceptors (Lipinski definition) is 5. The summed E-state index contributed by atoms with van der Waals surface area (Å²) in [6.07, 6.45) is 0.892. The van der Waals surface area contributed by atoms with Crippen LogP contribution in [-0.2, 0) is 20.6 Å². The van der Waals surface area contributed by atoms with Gasteiger partial charge < -0.3 is 14.8 Å². The van der Waals surface area contributed by atoms with Crippen LogP contribution in [0.3, 0.4) is 0 Å². The summed E-state index contributed by atoms with van der Waals surface area (Å²) in [7, 11) is -3.61. The fourth-order valence-corrected chi connectivity index (χ4v) is 6.41. The molecule has 35 heavy (non-hydrogen) atoms. The first-order valence-electron chi connectivity index (χ1n) is 11.8. The standard InChI is InChI=1S/C25H32Cl2N2O5S/c1-4-33-23-10-9-19(15-24(23)34-5-2)17(3)28-25(30)18-11-13-29(14-12-18)35(31,32)16-20-21(26)7-6-8-22(20)27/h6-10,15,17-18H,4-5,11-14,16H2,1-3H3,(H,28,30)/t17-/m1/s1. The van der Waals surface area contributed by atoms with E-state index in [4.69, 9.17) is 32.7 Å². The zero-order chi connectivity index (χ0) is 25.6. The average molecular weight is 544 g/mol. The number of ether oxygens (including phenoxy) is 2. The van der Waals surface area contributed by atoms with E-state index in [0.29, 0.717) is 53.2 Å². The molecule has 1 heterocycles. The quantitative estimate of drug-likeness (QED) is 0.445. The maximum atomic E-state index is 12.9. The second-order valence-electron chi connectivity index (χ2n) is 8.43. The molecule has 3 rings (SSSR count). The summed E-state index contributed by atoms with van der Waals surface area (Å²) >= 11 is 12.3. The Labute approximate surface area is 217 Å². The number of carbonyl (C=O) groups is 1. The minimum absolute atomic E-state index is 0.0875. The number of rotatable bonds is 10. The van der Waals surface area contributed by atoms with Gasteiger partial charge in [0.25, 0.3) is 0 Å². The molecule has 1 aliphatic heterocycles. The van der Waals surface area contributed by atoms with Crippen molar-refractivity contribution in [3.05, 3.63) is 57.6 Å².